The van der Waals surface area contributed by atoms with Crippen molar-refractivity contribution in [2.45, 2.75) is 45.7 Å². The molecule has 1 atom stereocenters. The number of nitrogens with one attached hydrogen (secondary N) is 1. The zero-order valence-corrected chi connectivity index (χ0v) is 10.8. The van der Waals surface area contributed by atoms with Crippen LogP contribution in [0.2, 0.25) is 12.6 Å². The number of amides is 1. The second-order valence-corrected chi connectivity index (χ2v) is 6.93. The molecule has 0 rings (SSSR count). The van der Waals surface area contributed by atoms with Crippen molar-refractivity contribution >= 4 is 14.9 Å². The molecule has 0 heterocycles. The Morgan fingerprint density at radius 1 is 1.50 bits per heavy atom. The Bertz CT molecular complexity index is 160. The second-order valence-electron chi connectivity index (χ2n) is 4.40. The van der Waals surface area contributed by atoms with Gasteiger partial charge in [0, 0.05) is 13.0 Å². The van der Waals surface area contributed by atoms with E-state index in [9.17, 15) is 4.79 Å². The third kappa shape index (κ3) is 9.73. The average molecular weight is 216 g/mol. The highest BCUT2D eigenvalue weighted by atomic mass is 28.3. The molecule has 0 bridgehead atoms. The number of carbonyl (C=O) groups excluding carboxylic acids is 1. The summed E-state index contributed by atoms with van der Waals surface area (Å²) < 4.78 is 0. The van der Waals surface area contributed by atoms with Crippen LogP contribution < -0.4 is 10.7 Å². The van der Waals surface area contributed by atoms with Gasteiger partial charge in [0.25, 0.3) is 0 Å². The molecule has 1 unspecified atom stereocenters. The topological polar surface area (TPSA) is 55.1 Å². The lowest BCUT2D eigenvalue weighted by molar-refractivity contribution is -0.121. The Kier molecular flexibility index (Phi) is 7.80. The largest absolute Gasteiger partial charge is 0.356 e. The van der Waals surface area contributed by atoms with Crippen molar-refractivity contribution in [1.29, 1.82) is 0 Å². The molecular weight excluding hydrogens is 192 g/mol. The Morgan fingerprint density at radius 2 is 2.14 bits per heavy atom. The number of nitrogens with two attached hydrogens (primary N) is 1. The molecule has 0 saturated carbocycles. The minimum atomic E-state index is -0.917. The summed E-state index contributed by atoms with van der Waals surface area (Å²) in [6.45, 7) is 7.19. The van der Waals surface area contributed by atoms with E-state index in [-0.39, 0.29) is 5.91 Å². The van der Waals surface area contributed by atoms with Gasteiger partial charge in [-0.1, -0.05) is 20.4 Å². The quantitative estimate of drug-likeness (QED) is 0.497. The van der Waals surface area contributed by atoms with Gasteiger partial charge in [-0.3, -0.25) is 4.79 Å². The van der Waals surface area contributed by atoms with E-state index in [0.717, 1.165) is 25.4 Å². The first-order valence-electron chi connectivity index (χ1n) is 5.54. The molecule has 0 fully saturated rings. The van der Waals surface area contributed by atoms with Crippen molar-refractivity contribution in [3.05, 3.63) is 0 Å². The lowest BCUT2D eigenvalue weighted by atomic mass is 10.1. The molecule has 0 aromatic heterocycles. The predicted molar refractivity (Wildman–Crippen MR) is 63.7 cm³/mol. The van der Waals surface area contributed by atoms with Crippen LogP contribution >= 0.6 is 0 Å². The molecule has 0 aromatic carbocycles. The van der Waals surface area contributed by atoms with E-state index in [4.69, 9.17) is 5.40 Å². The van der Waals surface area contributed by atoms with E-state index in [2.05, 4.69) is 25.7 Å². The number of carbonyl (C=O) groups is 1. The summed E-state index contributed by atoms with van der Waals surface area (Å²) in [6, 6.07) is 1.12. The highest BCUT2D eigenvalue weighted by Gasteiger charge is 2.02. The summed E-state index contributed by atoms with van der Waals surface area (Å²) in [4.78, 5) is 11.3. The van der Waals surface area contributed by atoms with E-state index in [1.807, 2.05) is 0 Å². The predicted octanol–water partition coefficient (Wildman–Crippen LogP) is 1.24. The normalized spacial score (nSPS) is 12.9. The van der Waals surface area contributed by atoms with Gasteiger partial charge in [0.05, 0.1) is 0 Å². The Hall–Kier alpha value is -0.353. The van der Waals surface area contributed by atoms with Crippen LogP contribution in [0.1, 0.15) is 33.1 Å². The Morgan fingerprint density at radius 3 is 2.64 bits per heavy atom. The van der Waals surface area contributed by atoms with Crippen LogP contribution in [0.4, 0.5) is 0 Å². The molecule has 84 valence electrons. The van der Waals surface area contributed by atoms with E-state index < -0.39 is 8.96 Å². The van der Waals surface area contributed by atoms with Crippen molar-refractivity contribution in [3.63, 3.8) is 0 Å². The standard InChI is InChI=1S/C10H24N2OSi/c1-9(2)5-6-10(13)12-7-4-8-14(3)11/h9,14H,4-8,11H2,1-3H3,(H,12,13). The zero-order chi connectivity index (χ0) is 11.0. The SMILES string of the molecule is CC(C)CCC(=O)NCCC[SiH](C)N. The van der Waals surface area contributed by atoms with Gasteiger partial charge in [-0.15, -0.1) is 0 Å². The van der Waals surface area contributed by atoms with Crippen LogP contribution in [0.5, 0.6) is 0 Å². The van der Waals surface area contributed by atoms with Gasteiger partial charge in [-0.25, -0.2) is 0 Å². The lowest BCUT2D eigenvalue weighted by Gasteiger charge is -2.07. The Labute approximate surface area is 89.1 Å². The summed E-state index contributed by atoms with van der Waals surface area (Å²) in [6.07, 6.45) is 2.68. The van der Waals surface area contributed by atoms with Crippen LogP contribution in [0.15, 0.2) is 0 Å². The summed E-state index contributed by atoms with van der Waals surface area (Å²) in [5.41, 5.74) is 0. The fraction of sp³-hybridized carbons (Fsp3) is 0.900. The third-order valence-electron chi connectivity index (χ3n) is 2.11. The smallest absolute Gasteiger partial charge is 0.220 e. The highest BCUT2D eigenvalue weighted by molar-refractivity contribution is 6.53. The molecule has 4 heteroatoms. The molecule has 1 amide bonds. The van der Waals surface area contributed by atoms with Gasteiger partial charge in [0.2, 0.25) is 5.91 Å². The highest BCUT2D eigenvalue weighted by Crippen LogP contribution is 2.02. The van der Waals surface area contributed by atoms with Crippen molar-refractivity contribution in [3.8, 4) is 0 Å². The van der Waals surface area contributed by atoms with Crippen LogP contribution in [0.3, 0.4) is 0 Å². The van der Waals surface area contributed by atoms with Gasteiger partial charge in [-0.05, 0) is 24.8 Å². The minimum Gasteiger partial charge on any atom is -0.356 e. The van der Waals surface area contributed by atoms with Gasteiger partial charge in [0.15, 0.2) is 0 Å². The minimum absolute atomic E-state index is 0.185. The maximum Gasteiger partial charge on any atom is 0.220 e. The number of hydrogen-bond acceptors (Lipinski definition) is 2. The molecule has 0 spiro atoms. The monoisotopic (exact) mass is 216 g/mol. The molecule has 3 N–H and O–H groups in total. The summed E-state index contributed by atoms with van der Waals surface area (Å²) in [5.74, 6) is 0.794. The summed E-state index contributed by atoms with van der Waals surface area (Å²) >= 11 is 0. The van der Waals surface area contributed by atoms with Crippen LogP contribution in [-0.2, 0) is 4.79 Å². The molecule has 0 radical (unpaired) electrons. The average Bonchev–Trinajstić information content (AvgIpc) is 2.08. The second kappa shape index (κ2) is 8.00. The first kappa shape index (κ1) is 13.6. The maximum atomic E-state index is 11.3. The molecule has 14 heavy (non-hydrogen) atoms. The lowest BCUT2D eigenvalue weighted by Crippen LogP contribution is -2.27. The van der Waals surface area contributed by atoms with Crippen molar-refractivity contribution in [2.24, 2.45) is 11.3 Å². The molecule has 0 aliphatic rings. The van der Waals surface area contributed by atoms with E-state index in [0.29, 0.717) is 12.3 Å². The van der Waals surface area contributed by atoms with Crippen LogP contribution in [-0.4, -0.2) is 21.4 Å². The van der Waals surface area contributed by atoms with Gasteiger partial charge in [-0.2, -0.15) is 0 Å². The maximum absolute atomic E-state index is 11.3. The number of hydrogen-bond donors (Lipinski definition) is 2. The fourth-order valence-electron chi connectivity index (χ4n) is 1.16. The van der Waals surface area contributed by atoms with Crippen LogP contribution in [0.25, 0.3) is 0 Å². The van der Waals surface area contributed by atoms with E-state index in [1.54, 1.807) is 0 Å². The van der Waals surface area contributed by atoms with E-state index >= 15 is 0 Å². The first-order chi connectivity index (χ1) is 6.52. The third-order valence-corrected chi connectivity index (χ3v) is 3.43. The van der Waals surface area contributed by atoms with Crippen molar-refractivity contribution in [1.82, 2.24) is 5.32 Å². The van der Waals surface area contributed by atoms with Gasteiger partial charge < -0.3 is 10.7 Å². The fourth-order valence-corrected chi connectivity index (χ4v) is 2.01. The molecule has 0 saturated heterocycles. The molecule has 0 aliphatic carbocycles. The van der Waals surface area contributed by atoms with Crippen molar-refractivity contribution < 1.29 is 4.79 Å². The molecule has 3 nitrogen and oxygen atoms in total. The molecule has 0 aromatic rings. The molecular formula is C10H24N2OSi. The summed E-state index contributed by atoms with van der Waals surface area (Å²) in [7, 11) is -0.917. The first-order valence-corrected chi connectivity index (χ1v) is 8.18. The number of rotatable bonds is 7. The van der Waals surface area contributed by atoms with Crippen LogP contribution in [0, 0.1) is 5.92 Å². The van der Waals surface area contributed by atoms with Gasteiger partial charge >= 0.3 is 0 Å². The summed E-state index contributed by atoms with van der Waals surface area (Å²) in [5, 5.41) is 8.65. The van der Waals surface area contributed by atoms with Crippen molar-refractivity contribution in [2.75, 3.05) is 6.54 Å². The molecule has 0 aliphatic heterocycles. The Balaban J connectivity index is 3.27. The van der Waals surface area contributed by atoms with E-state index in [1.165, 1.54) is 0 Å². The zero-order valence-electron chi connectivity index (χ0n) is 9.68. The van der Waals surface area contributed by atoms with Gasteiger partial charge in [0.1, 0.15) is 8.96 Å².